The van der Waals surface area contributed by atoms with Gasteiger partial charge in [-0.25, -0.2) is 4.98 Å². The summed E-state index contributed by atoms with van der Waals surface area (Å²) in [5.41, 5.74) is 1.96. The Labute approximate surface area is 166 Å². The molecule has 7 heteroatoms. The van der Waals surface area contributed by atoms with Crippen LogP contribution in [-0.4, -0.2) is 36.6 Å². The Kier molecular flexibility index (Phi) is 6.09. The van der Waals surface area contributed by atoms with E-state index >= 15 is 0 Å². The second-order valence-corrected chi connectivity index (χ2v) is 7.72. The molecule has 0 bridgehead atoms. The van der Waals surface area contributed by atoms with E-state index in [-0.39, 0.29) is 11.9 Å². The molecule has 1 amide bonds. The third kappa shape index (κ3) is 3.69. The molecule has 1 aliphatic rings. The Morgan fingerprint density at radius 3 is 2.85 bits per heavy atom. The van der Waals surface area contributed by atoms with Crippen LogP contribution in [0.1, 0.15) is 24.1 Å². The first-order valence-corrected chi connectivity index (χ1v) is 10.5. The van der Waals surface area contributed by atoms with E-state index in [2.05, 4.69) is 20.9 Å². The van der Waals surface area contributed by atoms with E-state index in [1.54, 1.807) is 25.1 Å². The number of methoxy groups -OCH3 is 1. The molecule has 0 N–H and O–H groups in total. The Balaban J connectivity index is 2.03. The summed E-state index contributed by atoms with van der Waals surface area (Å²) >= 11 is 5.13. The molecule has 2 heterocycles. The number of hydrogen-bond acceptors (Lipinski definition) is 5. The van der Waals surface area contributed by atoms with Gasteiger partial charge in [0.1, 0.15) is 5.82 Å². The molecule has 1 aromatic heterocycles. The minimum atomic E-state index is -0.113. The maximum atomic E-state index is 12.8. The van der Waals surface area contributed by atoms with Crippen molar-refractivity contribution in [3.05, 3.63) is 46.1 Å². The fraction of sp³-hybridized carbons (Fsp3) is 0.368. The number of carbonyl (C=O) groups excluding carboxylic acids is 1. The van der Waals surface area contributed by atoms with Crippen molar-refractivity contribution < 1.29 is 14.3 Å². The Morgan fingerprint density at radius 2 is 2.15 bits per heavy atom. The lowest BCUT2D eigenvalue weighted by atomic mass is 10.1. The molecule has 0 spiro atoms. The van der Waals surface area contributed by atoms with Crippen molar-refractivity contribution in [3.63, 3.8) is 0 Å². The van der Waals surface area contributed by atoms with Crippen molar-refractivity contribution in [2.75, 3.05) is 30.6 Å². The number of benzene rings is 1. The lowest BCUT2D eigenvalue weighted by Crippen LogP contribution is -2.33. The number of fused-ring (bicyclic) bond motifs is 1. The average Bonchev–Trinajstić information content (AvgIpc) is 2.94. The van der Waals surface area contributed by atoms with Crippen LogP contribution in [0.2, 0.25) is 0 Å². The van der Waals surface area contributed by atoms with Crippen LogP contribution in [0.3, 0.4) is 0 Å². The van der Waals surface area contributed by atoms with Crippen LogP contribution in [0.25, 0.3) is 0 Å². The normalized spacial score (nSPS) is 14.3. The quantitative estimate of drug-likeness (QED) is 0.649. The number of amides is 1. The minimum Gasteiger partial charge on any atom is -0.493 e. The van der Waals surface area contributed by atoms with Gasteiger partial charge in [0.25, 0.3) is 0 Å². The maximum absolute atomic E-state index is 12.8. The van der Waals surface area contributed by atoms with Gasteiger partial charge in [-0.2, -0.15) is 11.8 Å². The van der Waals surface area contributed by atoms with E-state index in [1.165, 1.54) is 0 Å². The summed E-state index contributed by atoms with van der Waals surface area (Å²) in [5.74, 6) is 2.95. The molecular formula is C19H21BrN2O3S. The monoisotopic (exact) mass is 436 g/mol. The zero-order valence-corrected chi connectivity index (χ0v) is 17.4. The molecule has 138 valence electrons. The number of thioether (sulfide) groups is 1. The van der Waals surface area contributed by atoms with Crippen molar-refractivity contribution in [2.24, 2.45) is 0 Å². The number of ether oxygens (including phenoxy) is 2. The van der Waals surface area contributed by atoms with Crippen molar-refractivity contribution in [3.8, 4) is 11.5 Å². The Bertz CT molecular complexity index is 815. The number of pyridine rings is 1. The zero-order valence-electron chi connectivity index (χ0n) is 15.0. The van der Waals surface area contributed by atoms with Crippen LogP contribution in [-0.2, 0) is 11.2 Å². The molecule has 26 heavy (non-hydrogen) atoms. The fourth-order valence-corrected chi connectivity index (χ4v) is 4.19. The largest absolute Gasteiger partial charge is 0.493 e. The summed E-state index contributed by atoms with van der Waals surface area (Å²) in [6, 6.07) is 7.71. The van der Waals surface area contributed by atoms with Crippen molar-refractivity contribution in [1.82, 2.24) is 4.98 Å². The molecule has 1 atom stereocenters. The highest BCUT2D eigenvalue weighted by Gasteiger charge is 2.35. The van der Waals surface area contributed by atoms with Crippen LogP contribution in [0.4, 0.5) is 5.82 Å². The van der Waals surface area contributed by atoms with Gasteiger partial charge in [0.05, 0.1) is 26.2 Å². The van der Waals surface area contributed by atoms with Gasteiger partial charge in [-0.3, -0.25) is 9.69 Å². The smallest absolute Gasteiger partial charge is 0.233 e. The fourth-order valence-electron chi connectivity index (χ4n) is 3.16. The van der Waals surface area contributed by atoms with Gasteiger partial charge in [-0.05, 0) is 52.9 Å². The highest BCUT2D eigenvalue weighted by Crippen LogP contribution is 2.39. The molecule has 0 saturated carbocycles. The second-order valence-electron chi connectivity index (χ2n) is 5.89. The summed E-state index contributed by atoms with van der Waals surface area (Å²) in [5, 5.41) is 0. The van der Waals surface area contributed by atoms with Gasteiger partial charge in [0.2, 0.25) is 5.91 Å². The van der Waals surface area contributed by atoms with Crippen molar-refractivity contribution in [1.29, 1.82) is 0 Å². The van der Waals surface area contributed by atoms with Crippen molar-refractivity contribution in [2.45, 2.75) is 19.4 Å². The summed E-state index contributed by atoms with van der Waals surface area (Å²) in [6.07, 6.45) is 4.15. The minimum absolute atomic E-state index is 0.0680. The van der Waals surface area contributed by atoms with Crippen LogP contribution in [0, 0.1) is 0 Å². The molecule has 1 unspecified atom stereocenters. The summed E-state index contributed by atoms with van der Waals surface area (Å²) in [7, 11) is 1.62. The predicted molar refractivity (Wildman–Crippen MR) is 108 cm³/mol. The van der Waals surface area contributed by atoms with E-state index in [9.17, 15) is 4.79 Å². The number of anilines is 1. The SMILES string of the molecule is CCOc1cc(C(CSC)N2C(=O)Cc3cc(Br)cnc32)ccc1OC. The summed E-state index contributed by atoms with van der Waals surface area (Å²) in [4.78, 5) is 19.1. The van der Waals surface area contributed by atoms with Crippen LogP contribution in [0.5, 0.6) is 11.5 Å². The average molecular weight is 437 g/mol. The van der Waals surface area contributed by atoms with Crippen LogP contribution >= 0.6 is 27.7 Å². The molecule has 5 nitrogen and oxygen atoms in total. The van der Waals surface area contributed by atoms with Gasteiger partial charge in [0.15, 0.2) is 11.5 Å². The molecule has 0 fully saturated rings. The molecule has 0 radical (unpaired) electrons. The Hall–Kier alpha value is -1.73. The molecule has 1 aromatic carbocycles. The second kappa shape index (κ2) is 8.31. The molecule has 0 aliphatic carbocycles. The predicted octanol–water partition coefficient (Wildman–Crippen LogP) is 4.24. The lowest BCUT2D eigenvalue weighted by molar-refractivity contribution is -0.117. The number of halogens is 1. The van der Waals surface area contributed by atoms with Gasteiger partial charge in [-0.1, -0.05) is 6.07 Å². The van der Waals surface area contributed by atoms with Gasteiger partial charge < -0.3 is 9.47 Å². The standard InChI is InChI=1S/C19H21BrN2O3S/c1-4-25-17-8-12(5-6-16(17)24-2)15(11-26-3)22-18(23)9-13-7-14(20)10-21-19(13)22/h5-8,10,15H,4,9,11H2,1-3H3. The van der Waals surface area contributed by atoms with E-state index in [1.807, 2.05) is 42.3 Å². The third-order valence-corrected chi connectivity index (χ3v) is 5.34. The molecular weight excluding hydrogens is 416 g/mol. The number of hydrogen-bond donors (Lipinski definition) is 0. The lowest BCUT2D eigenvalue weighted by Gasteiger charge is -2.28. The highest BCUT2D eigenvalue weighted by atomic mass is 79.9. The first-order valence-electron chi connectivity index (χ1n) is 8.35. The first-order chi connectivity index (χ1) is 12.6. The molecule has 1 aliphatic heterocycles. The maximum Gasteiger partial charge on any atom is 0.233 e. The van der Waals surface area contributed by atoms with Crippen molar-refractivity contribution >= 4 is 39.4 Å². The molecule has 2 aromatic rings. The number of aromatic nitrogens is 1. The number of carbonyl (C=O) groups is 1. The zero-order chi connectivity index (χ0) is 18.7. The van der Waals surface area contributed by atoms with Gasteiger partial charge in [0, 0.05) is 22.0 Å². The summed E-state index contributed by atoms with van der Waals surface area (Å²) in [6.45, 7) is 2.49. The first kappa shape index (κ1) is 19.0. The van der Waals surface area contributed by atoms with E-state index < -0.39 is 0 Å². The van der Waals surface area contributed by atoms with E-state index in [0.29, 0.717) is 24.5 Å². The topological polar surface area (TPSA) is 51.7 Å². The van der Waals surface area contributed by atoms with Crippen LogP contribution in [0.15, 0.2) is 34.9 Å². The van der Waals surface area contributed by atoms with Crippen LogP contribution < -0.4 is 14.4 Å². The number of nitrogens with zero attached hydrogens (tertiary/aromatic N) is 2. The Morgan fingerprint density at radius 1 is 1.35 bits per heavy atom. The van der Waals surface area contributed by atoms with E-state index in [0.717, 1.165) is 27.2 Å². The van der Waals surface area contributed by atoms with E-state index in [4.69, 9.17) is 9.47 Å². The van der Waals surface area contributed by atoms with Gasteiger partial charge in [-0.15, -0.1) is 0 Å². The third-order valence-electron chi connectivity index (χ3n) is 4.26. The summed E-state index contributed by atoms with van der Waals surface area (Å²) < 4.78 is 12.0. The molecule has 3 rings (SSSR count). The highest BCUT2D eigenvalue weighted by molar-refractivity contribution is 9.10. The number of rotatable bonds is 7. The molecule has 0 saturated heterocycles. The van der Waals surface area contributed by atoms with Gasteiger partial charge >= 0.3 is 0 Å².